The van der Waals surface area contributed by atoms with E-state index in [1.54, 1.807) is 23.1 Å². The van der Waals surface area contributed by atoms with Crippen molar-refractivity contribution in [1.29, 1.82) is 0 Å². The third-order valence-electron chi connectivity index (χ3n) is 4.98. The van der Waals surface area contributed by atoms with Crippen LogP contribution in [0.1, 0.15) is 6.99 Å². The summed E-state index contributed by atoms with van der Waals surface area (Å²) in [5.41, 5.74) is 7.72. The van der Waals surface area contributed by atoms with Gasteiger partial charge in [0, 0.05) is 26.3 Å². The lowest BCUT2D eigenvalue weighted by atomic mass is 9.77. The van der Waals surface area contributed by atoms with Crippen LogP contribution in [0.5, 0.6) is 0 Å². The molecule has 1 aromatic carbocycles. The molecule has 4 heterocycles. The Kier molecular flexibility index (Phi) is 2.99. The summed E-state index contributed by atoms with van der Waals surface area (Å²) in [5, 5.41) is 5.07. The van der Waals surface area contributed by atoms with Gasteiger partial charge >= 0.3 is 0 Å². The Morgan fingerprint density at radius 3 is 2.88 bits per heavy atom. The van der Waals surface area contributed by atoms with Crippen LogP contribution in [0.4, 0.5) is 16.0 Å². The smallest absolute Gasteiger partial charge is 0.222 e. The fourth-order valence-electron chi connectivity index (χ4n) is 3.60. The molecule has 2 aliphatic rings. The molecule has 25 heavy (non-hydrogen) atoms. The first-order valence-electron chi connectivity index (χ1n) is 8.18. The van der Waals surface area contributed by atoms with Crippen LogP contribution in [0.3, 0.4) is 0 Å². The molecule has 5 rings (SSSR count). The van der Waals surface area contributed by atoms with Crippen LogP contribution in [-0.4, -0.2) is 46.1 Å². The minimum absolute atomic E-state index is 0. The predicted octanol–water partition coefficient (Wildman–Crippen LogP) is 1.68. The number of benzene rings is 1. The Balaban J connectivity index is 0.00000168. The van der Waals surface area contributed by atoms with Gasteiger partial charge < -0.3 is 15.4 Å². The zero-order valence-electron chi connectivity index (χ0n) is 13.5. The highest BCUT2D eigenvalue weighted by atomic mass is 19.1. The van der Waals surface area contributed by atoms with Crippen molar-refractivity contribution < 1.29 is 10.6 Å². The van der Waals surface area contributed by atoms with Crippen molar-refractivity contribution in [2.24, 2.45) is 5.41 Å². The summed E-state index contributed by atoms with van der Waals surface area (Å²) < 4.78 is 21.9. The number of anilines is 2. The van der Waals surface area contributed by atoms with E-state index in [0.29, 0.717) is 23.4 Å². The zero-order chi connectivity index (χ0) is 17.0. The molecule has 2 fully saturated rings. The zero-order valence-corrected chi connectivity index (χ0v) is 13.5. The van der Waals surface area contributed by atoms with Crippen molar-refractivity contribution in [2.75, 3.05) is 36.9 Å². The van der Waals surface area contributed by atoms with Crippen molar-refractivity contribution in [3.05, 3.63) is 42.0 Å². The second kappa shape index (κ2) is 5.13. The summed E-state index contributed by atoms with van der Waals surface area (Å²) in [5.74, 6) is -0.0275. The molecule has 2 N–H and O–H groups in total. The lowest BCUT2D eigenvalue weighted by molar-refractivity contribution is -0.127. The summed E-state index contributed by atoms with van der Waals surface area (Å²) in [7, 11) is 0. The lowest BCUT2D eigenvalue weighted by Crippen LogP contribution is -2.66. The molecule has 0 bridgehead atoms. The third-order valence-corrected chi connectivity index (χ3v) is 4.98. The van der Waals surface area contributed by atoms with Gasteiger partial charge in [-0.05, 0) is 6.07 Å². The molecule has 0 atom stereocenters. The maximum absolute atomic E-state index is 15.0. The number of hydrogen-bond acceptors (Lipinski definition) is 6. The Hall–Kier alpha value is -2.74. The highest BCUT2D eigenvalue weighted by Gasteiger charge is 2.49. The lowest BCUT2D eigenvalue weighted by Gasteiger charge is -2.56. The molecule has 3 aromatic rings. The van der Waals surface area contributed by atoms with Crippen molar-refractivity contribution in [3.63, 3.8) is 0 Å². The van der Waals surface area contributed by atoms with E-state index >= 15 is 4.39 Å². The third kappa shape index (κ3) is 2.25. The second-order valence-corrected chi connectivity index (χ2v) is 6.91. The summed E-state index contributed by atoms with van der Waals surface area (Å²) in [6.45, 7) is 3.56. The number of halogens is 1. The van der Waals surface area contributed by atoms with E-state index in [4.69, 9.17) is 10.5 Å². The fourth-order valence-corrected chi connectivity index (χ4v) is 3.60. The Labute approximate surface area is 144 Å². The van der Waals surface area contributed by atoms with Gasteiger partial charge in [-0.15, -0.1) is 0 Å². The van der Waals surface area contributed by atoms with Gasteiger partial charge in [0.15, 0.2) is 11.5 Å². The number of nitrogens with two attached hydrogens (primary N) is 1. The maximum atomic E-state index is 15.0. The Bertz CT molecular complexity index is 965. The number of aromatic nitrogens is 4. The normalized spacial score (nSPS) is 18.4. The van der Waals surface area contributed by atoms with Gasteiger partial charge in [0.25, 0.3) is 0 Å². The molecule has 0 radical (unpaired) electrons. The van der Waals surface area contributed by atoms with Crippen LogP contribution >= 0.6 is 0 Å². The minimum Gasteiger partial charge on any atom is -0.380 e. The molecule has 2 saturated heterocycles. The number of nitrogens with zero attached hydrogens (tertiary/aromatic N) is 5. The molecule has 0 amide bonds. The molecule has 0 aliphatic carbocycles. The minimum atomic E-state index is -0.205. The van der Waals surface area contributed by atoms with Crippen molar-refractivity contribution in [2.45, 2.75) is 6.54 Å². The molecule has 130 valence electrons. The first-order chi connectivity index (χ1) is 12.1. The van der Waals surface area contributed by atoms with Gasteiger partial charge in [-0.25, -0.2) is 14.1 Å². The standard InChI is InChI=1S/C17H17FN6O.H2/c18-14-11(6-24-15-12(5-21-24)4-20-16(19)22-15)2-1-3-13(14)23-7-17(8-23)9-25-10-17;/h1-5H,6-10H2,(H2,19,20,22);1H. The largest absolute Gasteiger partial charge is 0.380 e. The maximum Gasteiger partial charge on any atom is 0.222 e. The molecule has 0 unspecified atom stereocenters. The van der Waals surface area contributed by atoms with Gasteiger partial charge in [-0.2, -0.15) is 10.1 Å². The SMILES string of the molecule is Nc1ncc2cnn(Cc3cccc(N4CC5(COC5)C4)c3F)c2n1.[HH]. The van der Waals surface area contributed by atoms with E-state index in [-0.39, 0.29) is 18.6 Å². The van der Waals surface area contributed by atoms with Gasteiger partial charge in [-0.1, -0.05) is 12.1 Å². The molecule has 8 heteroatoms. The first kappa shape index (κ1) is 14.6. The van der Waals surface area contributed by atoms with Crippen LogP contribution < -0.4 is 10.6 Å². The number of nitrogen functional groups attached to an aromatic ring is 1. The van der Waals surface area contributed by atoms with Crippen LogP contribution in [0.15, 0.2) is 30.6 Å². The monoisotopic (exact) mass is 342 g/mol. The van der Waals surface area contributed by atoms with E-state index < -0.39 is 0 Å². The van der Waals surface area contributed by atoms with Crippen LogP contribution in [-0.2, 0) is 11.3 Å². The highest BCUT2D eigenvalue weighted by molar-refractivity contribution is 5.74. The quantitative estimate of drug-likeness (QED) is 0.780. The van der Waals surface area contributed by atoms with Crippen LogP contribution in [0.2, 0.25) is 0 Å². The van der Waals surface area contributed by atoms with E-state index in [1.807, 2.05) is 12.1 Å². The Morgan fingerprint density at radius 2 is 2.12 bits per heavy atom. The predicted molar refractivity (Wildman–Crippen MR) is 92.8 cm³/mol. The topological polar surface area (TPSA) is 82.1 Å². The van der Waals surface area contributed by atoms with Gasteiger partial charge in [-0.3, -0.25) is 0 Å². The first-order valence-corrected chi connectivity index (χ1v) is 8.18. The van der Waals surface area contributed by atoms with Crippen LogP contribution in [0.25, 0.3) is 11.0 Å². The van der Waals surface area contributed by atoms with Crippen LogP contribution in [0, 0.1) is 11.2 Å². The number of hydrogen-bond donors (Lipinski definition) is 1. The molecule has 2 aliphatic heterocycles. The fraction of sp³-hybridized carbons (Fsp3) is 0.353. The van der Waals surface area contributed by atoms with Crippen molar-refractivity contribution >= 4 is 22.7 Å². The summed E-state index contributed by atoms with van der Waals surface area (Å²) in [4.78, 5) is 10.2. The van der Waals surface area contributed by atoms with Gasteiger partial charge in [0.1, 0.15) is 0 Å². The Morgan fingerprint density at radius 1 is 1.28 bits per heavy atom. The molecule has 1 spiro atoms. The van der Waals surface area contributed by atoms with E-state index in [1.165, 1.54) is 0 Å². The van der Waals surface area contributed by atoms with Gasteiger partial charge in [0.05, 0.1) is 42.4 Å². The molecular formula is C17H19FN6O. The van der Waals surface area contributed by atoms with E-state index in [2.05, 4.69) is 20.0 Å². The van der Waals surface area contributed by atoms with Crippen molar-refractivity contribution in [3.8, 4) is 0 Å². The second-order valence-electron chi connectivity index (χ2n) is 6.91. The summed E-state index contributed by atoms with van der Waals surface area (Å²) in [6.07, 6.45) is 3.28. The number of fused-ring (bicyclic) bond motifs is 1. The van der Waals surface area contributed by atoms with E-state index in [9.17, 15) is 0 Å². The number of rotatable bonds is 3. The average molecular weight is 342 g/mol. The molecular weight excluding hydrogens is 323 g/mol. The molecule has 0 saturated carbocycles. The van der Waals surface area contributed by atoms with Crippen molar-refractivity contribution in [1.82, 2.24) is 19.7 Å². The average Bonchev–Trinajstić information content (AvgIpc) is 2.90. The van der Waals surface area contributed by atoms with Gasteiger partial charge in [0.2, 0.25) is 5.95 Å². The molecule has 7 nitrogen and oxygen atoms in total. The summed E-state index contributed by atoms with van der Waals surface area (Å²) in [6, 6.07) is 5.48. The van der Waals surface area contributed by atoms with E-state index in [0.717, 1.165) is 31.7 Å². The molecule has 2 aromatic heterocycles. The highest BCUT2D eigenvalue weighted by Crippen LogP contribution is 2.41. The number of ether oxygens (including phenoxy) is 1. The summed E-state index contributed by atoms with van der Waals surface area (Å²) >= 11 is 0.